The van der Waals surface area contributed by atoms with E-state index in [1.165, 1.54) is 36.4 Å². The van der Waals surface area contributed by atoms with E-state index in [-0.39, 0.29) is 11.5 Å². The Morgan fingerprint density at radius 1 is 1.19 bits per heavy atom. The number of hydrogen-bond donors (Lipinski definition) is 0. The lowest BCUT2D eigenvalue weighted by molar-refractivity contribution is -0.384. The summed E-state index contributed by atoms with van der Waals surface area (Å²) in [7, 11) is 0. The zero-order chi connectivity index (χ0) is 18.7. The van der Waals surface area contributed by atoms with Gasteiger partial charge < -0.3 is 4.42 Å². The normalized spacial score (nSPS) is 11.2. The van der Waals surface area contributed by atoms with Gasteiger partial charge in [-0.1, -0.05) is 12.1 Å². The van der Waals surface area contributed by atoms with Crippen molar-refractivity contribution in [2.45, 2.75) is 6.92 Å². The number of rotatable bonds is 4. The molecule has 1 heterocycles. The molecular weight excluding hydrogens is 335 g/mol. The molecule has 0 bridgehead atoms. The standard InChI is InChI=1S/C20H13FN2O3/c1-13-10-17(23(24)25)6-8-19(13)20-9-7-18(26-20)11-15(12-22)14-2-4-16(21)5-3-14/h2-11H,1H3/b15-11+. The molecule has 0 radical (unpaired) electrons. The number of nitriles is 1. The minimum Gasteiger partial charge on any atom is -0.457 e. The van der Waals surface area contributed by atoms with E-state index in [4.69, 9.17) is 4.42 Å². The van der Waals surface area contributed by atoms with Crippen LogP contribution >= 0.6 is 0 Å². The van der Waals surface area contributed by atoms with Crippen molar-refractivity contribution in [2.24, 2.45) is 0 Å². The summed E-state index contributed by atoms with van der Waals surface area (Å²) < 4.78 is 18.8. The molecule has 128 valence electrons. The Morgan fingerprint density at radius 3 is 2.54 bits per heavy atom. The maximum Gasteiger partial charge on any atom is 0.269 e. The lowest BCUT2D eigenvalue weighted by Crippen LogP contribution is -1.89. The van der Waals surface area contributed by atoms with Gasteiger partial charge in [-0.2, -0.15) is 5.26 Å². The molecule has 0 saturated carbocycles. The van der Waals surface area contributed by atoms with Gasteiger partial charge in [-0.15, -0.1) is 0 Å². The van der Waals surface area contributed by atoms with Crippen molar-refractivity contribution in [3.63, 3.8) is 0 Å². The van der Waals surface area contributed by atoms with Crippen LogP contribution in [0.2, 0.25) is 0 Å². The molecule has 0 aliphatic rings. The Morgan fingerprint density at radius 2 is 1.92 bits per heavy atom. The van der Waals surface area contributed by atoms with Crippen LogP contribution in [0, 0.1) is 34.2 Å². The average molecular weight is 348 g/mol. The highest BCUT2D eigenvalue weighted by atomic mass is 19.1. The van der Waals surface area contributed by atoms with E-state index in [2.05, 4.69) is 6.07 Å². The maximum absolute atomic E-state index is 13.0. The zero-order valence-corrected chi connectivity index (χ0v) is 13.8. The SMILES string of the molecule is Cc1cc([N+](=O)[O-])ccc1-c1ccc(/C=C(\C#N)c2ccc(F)cc2)o1. The molecule has 0 N–H and O–H groups in total. The van der Waals surface area contributed by atoms with Crippen molar-refractivity contribution < 1.29 is 13.7 Å². The van der Waals surface area contributed by atoms with Crippen LogP contribution in [0.5, 0.6) is 0 Å². The van der Waals surface area contributed by atoms with Crippen molar-refractivity contribution >= 4 is 17.3 Å². The number of nitro groups is 1. The molecule has 0 atom stereocenters. The van der Waals surface area contributed by atoms with Gasteiger partial charge in [-0.3, -0.25) is 10.1 Å². The van der Waals surface area contributed by atoms with Crippen LogP contribution < -0.4 is 0 Å². The summed E-state index contributed by atoms with van der Waals surface area (Å²) in [4.78, 5) is 10.4. The zero-order valence-electron chi connectivity index (χ0n) is 13.8. The van der Waals surface area contributed by atoms with Crippen molar-refractivity contribution in [3.05, 3.63) is 87.4 Å². The van der Waals surface area contributed by atoms with E-state index in [1.807, 2.05) is 0 Å². The molecule has 1 aromatic heterocycles. The molecule has 0 unspecified atom stereocenters. The molecular formula is C20H13FN2O3. The number of nitrogens with zero attached hydrogens (tertiary/aromatic N) is 2. The van der Waals surface area contributed by atoms with Crippen LogP contribution in [0.4, 0.5) is 10.1 Å². The van der Waals surface area contributed by atoms with E-state index < -0.39 is 4.92 Å². The van der Waals surface area contributed by atoms with Crippen LogP contribution in [0.1, 0.15) is 16.9 Å². The average Bonchev–Trinajstić information content (AvgIpc) is 3.08. The van der Waals surface area contributed by atoms with E-state index in [1.54, 1.807) is 31.2 Å². The molecule has 2 aromatic carbocycles. The fourth-order valence-corrected chi connectivity index (χ4v) is 2.56. The molecule has 6 heteroatoms. The second kappa shape index (κ2) is 7.03. The number of non-ortho nitro benzene ring substituents is 1. The van der Waals surface area contributed by atoms with Crippen molar-refractivity contribution in [3.8, 4) is 17.4 Å². The lowest BCUT2D eigenvalue weighted by Gasteiger charge is -2.02. The largest absolute Gasteiger partial charge is 0.457 e. The molecule has 26 heavy (non-hydrogen) atoms. The van der Waals surface area contributed by atoms with Crippen LogP contribution in [0.3, 0.4) is 0 Å². The number of halogens is 1. The number of furan rings is 1. The minimum absolute atomic E-state index is 0.0148. The second-order valence-electron chi connectivity index (χ2n) is 5.64. The molecule has 0 saturated heterocycles. The number of benzene rings is 2. The number of allylic oxidation sites excluding steroid dienone is 1. The Balaban J connectivity index is 1.93. The first kappa shape index (κ1) is 17.1. The van der Waals surface area contributed by atoms with E-state index >= 15 is 0 Å². The predicted octanol–water partition coefficient (Wildman–Crippen LogP) is 5.37. The van der Waals surface area contributed by atoms with Gasteiger partial charge in [0.15, 0.2) is 0 Å². The quantitative estimate of drug-likeness (QED) is 0.361. The number of nitro benzene ring substituents is 1. The van der Waals surface area contributed by atoms with Crippen LogP contribution in [0.25, 0.3) is 23.0 Å². The molecule has 0 aliphatic heterocycles. The van der Waals surface area contributed by atoms with E-state index in [0.717, 1.165) is 5.56 Å². The van der Waals surface area contributed by atoms with Gasteiger partial charge >= 0.3 is 0 Å². The highest BCUT2D eigenvalue weighted by Crippen LogP contribution is 2.29. The fraction of sp³-hybridized carbons (Fsp3) is 0.0500. The summed E-state index contributed by atoms with van der Waals surface area (Å²) in [6.45, 7) is 1.76. The van der Waals surface area contributed by atoms with Crippen LogP contribution in [-0.2, 0) is 0 Å². The van der Waals surface area contributed by atoms with Gasteiger partial charge in [0.1, 0.15) is 17.3 Å². The molecule has 3 rings (SSSR count). The first-order chi connectivity index (χ1) is 12.5. The van der Waals surface area contributed by atoms with Gasteiger partial charge in [0, 0.05) is 17.7 Å². The molecule has 5 nitrogen and oxygen atoms in total. The van der Waals surface area contributed by atoms with Gasteiger partial charge in [0.25, 0.3) is 5.69 Å². The fourth-order valence-electron chi connectivity index (χ4n) is 2.56. The third-order valence-electron chi connectivity index (χ3n) is 3.88. The summed E-state index contributed by atoms with van der Waals surface area (Å²) in [5.41, 5.74) is 2.38. The van der Waals surface area contributed by atoms with Gasteiger partial charge in [0.2, 0.25) is 0 Å². The van der Waals surface area contributed by atoms with Gasteiger partial charge in [-0.05, 0) is 54.5 Å². The molecule has 0 fully saturated rings. The monoisotopic (exact) mass is 348 g/mol. The third kappa shape index (κ3) is 3.52. The first-order valence-electron chi connectivity index (χ1n) is 7.71. The summed E-state index contributed by atoms with van der Waals surface area (Å²) >= 11 is 0. The van der Waals surface area contributed by atoms with Crippen molar-refractivity contribution in [1.82, 2.24) is 0 Å². The van der Waals surface area contributed by atoms with Crippen molar-refractivity contribution in [2.75, 3.05) is 0 Å². The van der Waals surface area contributed by atoms with Crippen LogP contribution in [-0.4, -0.2) is 4.92 Å². The smallest absolute Gasteiger partial charge is 0.269 e. The lowest BCUT2D eigenvalue weighted by atomic mass is 10.1. The van der Waals surface area contributed by atoms with E-state index in [0.29, 0.717) is 28.2 Å². The topological polar surface area (TPSA) is 80.1 Å². The van der Waals surface area contributed by atoms with E-state index in [9.17, 15) is 19.8 Å². The Hall–Kier alpha value is -3.72. The second-order valence-corrected chi connectivity index (χ2v) is 5.64. The summed E-state index contributed by atoms with van der Waals surface area (Å²) in [6.07, 6.45) is 1.57. The Bertz CT molecular complexity index is 1040. The molecule has 0 aliphatic carbocycles. The first-order valence-corrected chi connectivity index (χ1v) is 7.71. The summed E-state index contributed by atoms with van der Waals surface area (Å²) in [5.74, 6) is 0.624. The molecule has 0 spiro atoms. The molecule has 3 aromatic rings. The third-order valence-corrected chi connectivity index (χ3v) is 3.88. The summed E-state index contributed by atoms with van der Waals surface area (Å²) in [5, 5.41) is 20.2. The predicted molar refractivity (Wildman–Crippen MR) is 95.4 cm³/mol. The highest BCUT2D eigenvalue weighted by molar-refractivity contribution is 5.88. The van der Waals surface area contributed by atoms with Crippen LogP contribution in [0.15, 0.2) is 59.0 Å². The Kier molecular flexibility index (Phi) is 4.63. The molecule has 0 amide bonds. The number of aryl methyl sites for hydroxylation is 1. The minimum atomic E-state index is -0.449. The van der Waals surface area contributed by atoms with Gasteiger partial charge in [0.05, 0.1) is 16.6 Å². The van der Waals surface area contributed by atoms with Gasteiger partial charge in [-0.25, -0.2) is 4.39 Å². The number of hydrogen-bond acceptors (Lipinski definition) is 4. The van der Waals surface area contributed by atoms with Crippen molar-refractivity contribution in [1.29, 1.82) is 5.26 Å². The maximum atomic E-state index is 13.0. The Labute approximate surface area is 148 Å². The summed E-state index contributed by atoms with van der Waals surface area (Å²) in [6, 6.07) is 15.7. The highest BCUT2D eigenvalue weighted by Gasteiger charge is 2.12.